The third kappa shape index (κ3) is 2.73. The van der Waals surface area contributed by atoms with E-state index in [0.717, 1.165) is 6.20 Å². The summed E-state index contributed by atoms with van der Waals surface area (Å²) in [6.07, 6.45) is 2.36. The first-order chi connectivity index (χ1) is 7.20. The second-order valence-electron chi connectivity index (χ2n) is 2.96. The number of carbonyl (C=O) groups is 1. The number of amides is 1. The van der Waals surface area contributed by atoms with Crippen molar-refractivity contribution in [1.82, 2.24) is 9.88 Å². The first kappa shape index (κ1) is 11.6. The number of aliphatic hydroxyl groups excluding tert-OH is 1. The van der Waals surface area contributed by atoms with Gasteiger partial charge in [-0.2, -0.15) is 0 Å². The molecule has 5 heteroatoms. The topological polar surface area (TPSA) is 53.4 Å². The summed E-state index contributed by atoms with van der Waals surface area (Å²) in [6.45, 7) is 2.27. The molecule has 0 saturated heterocycles. The van der Waals surface area contributed by atoms with Crippen LogP contribution >= 0.6 is 0 Å². The minimum Gasteiger partial charge on any atom is -0.395 e. The second kappa shape index (κ2) is 5.41. The SMILES string of the molecule is CCN(CCO)C(=O)c1ccncc1F. The number of aromatic nitrogens is 1. The summed E-state index contributed by atoms with van der Waals surface area (Å²) in [5.41, 5.74) is -0.0136. The van der Waals surface area contributed by atoms with Crippen molar-refractivity contribution in [3.63, 3.8) is 0 Å². The van der Waals surface area contributed by atoms with Crippen molar-refractivity contribution in [2.75, 3.05) is 19.7 Å². The van der Waals surface area contributed by atoms with Crippen molar-refractivity contribution in [2.45, 2.75) is 6.92 Å². The molecule has 1 aromatic rings. The van der Waals surface area contributed by atoms with Crippen LogP contribution in [0.1, 0.15) is 17.3 Å². The van der Waals surface area contributed by atoms with Gasteiger partial charge in [0, 0.05) is 19.3 Å². The maximum absolute atomic E-state index is 13.2. The summed E-state index contributed by atoms with van der Waals surface area (Å²) < 4.78 is 13.2. The lowest BCUT2D eigenvalue weighted by atomic mass is 10.2. The number of halogens is 1. The zero-order valence-electron chi connectivity index (χ0n) is 8.48. The molecule has 0 radical (unpaired) electrons. The van der Waals surface area contributed by atoms with E-state index in [4.69, 9.17) is 5.11 Å². The van der Waals surface area contributed by atoms with Crippen LogP contribution in [0, 0.1) is 5.82 Å². The fourth-order valence-corrected chi connectivity index (χ4v) is 1.24. The zero-order valence-corrected chi connectivity index (χ0v) is 8.48. The van der Waals surface area contributed by atoms with Gasteiger partial charge in [-0.3, -0.25) is 9.78 Å². The molecular weight excluding hydrogens is 199 g/mol. The van der Waals surface area contributed by atoms with Crippen molar-refractivity contribution in [3.05, 3.63) is 29.8 Å². The molecular formula is C10H13FN2O2. The number of hydrogen-bond acceptors (Lipinski definition) is 3. The van der Waals surface area contributed by atoms with E-state index in [1.807, 2.05) is 0 Å². The molecule has 0 atom stereocenters. The van der Waals surface area contributed by atoms with E-state index in [-0.39, 0.29) is 18.7 Å². The molecule has 0 aliphatic carbocycles. The van der Waals surface area contributed by atoms with E-state index in [1.165, 1.54) is 17.2 Å². The molecule has 1 rings (SSSR count). The Bertz CT molecular complexity index is 344. The highest BCUT2D eigenvalue weighted by Gasteiger charge is 2.16. The van der Waals surface area contributed by atoms with Gasteiger partial charge in [0.15, 0.2) is 5.82 Å². The third-order valence-electron chi connectivity index (χ3n) is 2.04. The number of likely N-dealkylation sites (N-methyl/N-ethyl adjacent to an activating group) is 1. The van der Waals surface area contributed by atoms with Gasteiger partial charge < -0.3 is 10.0 Å². The summed E-state index contributed by atoms with van der Waals surface area (Å²) in [5.74, 6) is -1.06. The molecule has 0 unspecified atom stereocenters. The average molecular weight is 212 g/mol. The summed E-state index contributed by atoms with van der Waals surface area (Å²) >= 11 is 0. The van der Waals surface area contributed by atoms with Crippen LogP contribution in [0.15, 0.2) is 18.5 Å². The maximum atomic E-state index is 13.2. The van der Waals surface area contributed by atoms with Gasteiger partial charge in [0.05, 0.1) is 18.4 Å². The standard InChI is InChI=1S/C10H13FN2O2/c1-2-13(5-6-14)10(15)8-3-4-12-7-9(8)11/h3-4,7,14H,2,5-6H2,1H3. The Morgan fingerprint density at radius 3 is 2.93 bits per heavy atom. The van der Waals surface area contributed by atoms with Gasteiger partial charge in [-0.1, -0.05) is 0 Å². The van der Waals surface area contributed by atoms with Gasteiger partial charge in [0.2, 0.25) is 0 Å². The van der Waals surface area contributed by atoms with Gasteiger partial charge in [-0.25, -0.2) is 4.39 Å². The zero-order chi connectivity index (χ0) is 11.3. The monoisotopic (exact) mass is 212 g/mol. The number of hydrogen-bond donors (Lipinski definition) is 1. The first-order valence-electron chi connectivity index (χ1n) is 4.70. The number of nitrogens with zero attached hydrogens (tertiary/aromatic N) is 2. The Labute approximate surface area is 87.4 Å². The highest BCUT2D eigenvalue weighted by Crippen LogP contribution is 2.08. The van der Waals surface area contributed by atoms with Crippen molar-refractivity contribution in [3.8, 4) is 0 Å². The summed E-state index contributed by atoms with van der Waals surface area (Å²) in [5, 5.41) is 8.73. The van der Waals surface area contributed by atoms with Crippen LogP contribution in [0.2, 0.25) is 0 Å². The smallest absolute Gasteiger partial charge is 0.257 e. The molecule has 82 valence electrons. The fraction of sp³-hybridized carbons (Fsp3) is 0.400. The van der Waals surface area contributed by atoms with Crippen LogP contribution < -0.4 is 0 Å². The molecule has 1 amide bonds. The molecule has 15 heavy (non-hydrogen) atoms. The minimum absolute atomic E-state index is 0.0136. The molecule has 0 spiro atoms. The summed E-state index contributed by atoms with van der Waals surface area (Å²) in [7, 11) is 0. The van der Waals surface area contributed by atoms with E-state index < -0.39 is 11.7 Å². The maximum Gasteiger partial charge on any atom is 0.257 e. The van der Waals surface area contributed by atoms with Crippen LogP contribution in [0.5, 0.6) is 0 Å². The molecule has 4 nitrogen and oxygen atoms in total. The van der Waals surface area contributed by atoms with E-state index >= 15 is 0 Å². The Morgan fingerprint density at radius 2 is 2.40 bits per heavy atom. The normalized spacial score (nSPS) is 10.1. The molecule has 1 N–H and O–H groups in total. The average Bonchev–Trinajstić information content (AvgIpc) is 2.25. The molecule has 0 aliphatic rings. The lowest BCUT2D eigenvalue weighted by Crippen LogP contribution is -2.33. The van der Waals surface area contributed by atoms with Crippen LogP contribution in [-0.4, -0.2) is 40.6 Å². The van der Waals surface area contributed by atoms with Crippen molar-refractivity contribution in [2.24, 2.45) is 0 Å². The summed E-state index contributed by atoms with van der Waals surface area (Å²) in [4.78, 5) is 16.7. The molecule has 0 bridgehead atoms. The molecule has 1 heterocycles. The molecule has 0 aliphatic heterocycles. The highest BCUT2D eigenvalue weighted by atomic mass is 19.1. The quantitative estimate of drug-likeness (QED) is 0.798. The predicted octanol–water partition coefficient (Wildman–Crippen LogP) is 0.675. The van der Waals surface area contributed by atoms with Crippen molar-refractivity contribution >= 4 is 5.91 Å². The third-order valence-corrected chi connectivity index (χ3v) is 2.04. The van der Waals surface area contributed by atoms with Crippen LogP contribution in [0.25, 0.3) is 0 Å². The first-order valence-corrected chi connectivity index (χ1v) is 4.70. The van der Waals surface area contributed by atoms with Crippen LogP contribution in [0.4, 0.5) is 4.39 Å². The molecule has 0 saturated carbocycles. The summed E-state index contributed by atoms with van der Waals surface area (Å²) in [6, 6.07) is 1.33. The second-order valence-corrected chi connectivity index (χ2v) is 2.96. The van der Waals surface area contributed by atoms with E-state index in [0.29, 0.717) is 6.54 Å². The highest BCUT2D eigenvalue weighted by molar-refractivity contribution is 5.94. The molecule has 1 aromatic heterocycles. The van der Waals surface area contributed by atoms with Gasteiger partial charge in [0.1, 0.15) is 0 Å². The van der Waals surface area contributed by atoms with Crippen LogP contribution in [-0.2, 0) is 0 Å². The minimum atomic E-state index is -0.640. The van der Waals surface area contributed by atoms with E-state index in [2.05, 4.69) is 4.98 Å². The Hall–Kier alpha value is -1.49. The van der Waals surface area contributed by atoms with Gasteiger partial charge in [0.25, 0.3) is 5.91 Å². The number of rotatable bonds is 4. The fourth-order valence-electron chi connectivity index (χ4n) is 1.24. The largest absolute Gasteiger partial charge is 0.395 e. The molecule has 0 aromatic carbocycles. The predicted molar refractivity (Wildman–Crippen MR) is 52.9 cm³/mol. The van der Waals surface area contributed by atoms with Gasteiger partial charge in [-0.05, 0) is 13.0 Å². The number of pyridine rings is 1. The van der Waals surface area contributed by atoms with E-state index in [9.17, 15) is 9.18 Å². The lowest BCUT2D eigenvalue weighted by molar-refractivity contribution is 0.0727. The lowest BCUT2D eigenvalue weighted by Gasteiger charge is -2.19. The van der Waals surface area contributed by atoms with Crippen molar-refractivity contribution < 1.29 is 14.3 Å². The number of carbonyl (C=O) groups excluding carboxylic acids is 1. The van der Waals surface area contributed by atoms with Gasteiger partial charge in [-0.15, -0.1) is 0 Å². The Balaban J connectivity index is 2.88. The number of aliphatic hydroxyl groups is 1. The van der Waals surface area contributed by atoms with Gasteiger partial charge >= 0.3 is 0 Å². The van der Waals surface area contributed by atoms with E-state index in [1.54, 1.807) is 6.92 Å². The van der Waals surface area contributed by atoms with Crippen LogP contribution in [0.3, 0.4) is 0 Å². The Kier molecular flexibility index (Phi) is 4.17. The Morgan fingerprint density at radius 1 is 1.67 bits per heavy atom. The van der Waals surface area contributed by atoms with Crippen molar-refractivity contribution in [1.29, 1.82) is 0 Å². The molecule has 0 fully saturated rings.